The summed E-state index contributed by atoms with van der Waals surface area (Å²) in [6.45, 7) is 10.4. The molecule has 0 bridgehead atoms. The highest BCUT2D eigenvalue weighted by Gasteiger charge is 2.21. The maximum absolute atomic E-state index is 3.42. The first-order chi connectivity index (χ1) is 5.20. The van der Waals surface area contributed by atoms with Crippen LogP contribution in [0.15, 0.2) is 0 Å². The minimum atomic E-state index is 0.631. The predicted molar refractivity (Wildman–Crippen MR) is 48.8 cm³/mol. The van der Waals surface area contributed by atoms with Crippen LogP contribution in [0, 0.1) is 0 Å². The van der Waals surface area contributed by atoms with Crippen LogP contribution >= 0.6 is 0 Å². The number of nitrogens with zero attached hydrogens (tertiary/aromatic N) is 1. The molecule has 2 heteroatoms. The van der Waals surface area contributed by atoms with Gasteiger partial charge in [-0.25, -0.2) is 0 Å². The summed E-state index contributed by atoms with van der Waals surface area (Å²) in [5, 5.41) is 3.42. The molecule has 1 rings (SSSR count). The van der Waals surface area contributed by atoms with Gasteiger partial charge in [0.2, 0.25) is 0 Å². The third-order valence-electron chi connectivity index (χ3n) is 2.41. The third-order valence-corrected chi connectivity index (χ3v) is 2.41. The van der Waals surface area contributed by atoms with Gasteiger partial charge in [-0.1, -0.05) is 13.8 Å². The zero-order valence-corrected chi connectivity index (χ0v) is 7.93. The average molecular weight is 156 g/mol. The van der Waals surface area contributed by atoms with E-state index in [0.29, 0.717) is 6.04 Å². The average Bonchev–Trinajstić information content (AvgIpc) is 1.94. The van der Waals surface area contributed by atoms with Crippen LogP contribution in [0.1, 0.15) is 27.2 Å². The summed E-state index contributed by atoms with van der Waals surface area (Å²) in [6, 6.07) is 1.47. The fourth-order valence-electron chi connectivity index (χ4n) is 1.40. The molecule has 1 aliphatic heterocycles. The molecule has 1 atom stereocenters. The van der Waals surface area contributed by atoms with Gasteiger partial charge in [0.05, 0.1) is 0 Å². The van der Waals surface area contributed by atoms with E-state index in [1.54, 1.807) is 0 Å². The van der Waals surface area contributed by atoms with Gasteiger partial charge in [-0.15, -0.1) is 0 Å². The van der Waals surface area contributed by atoms with E-state index in [-0.39, 0.29) is 0 Å². The van der Waals surface area contributed by atoms with Crippen LogP contribution in [-0.4, -0.2) is 36.6 Å². The lowest BCUT2D eigenvalue weighted by Crippen LogP contribution is -2.48. The Balaban J connectivity index is 1.95. The summed E-state index contributed by atoms with van der Waals surface area (Å²) < 4.78 is 0. The van der Waals surface area contributed by atoms with Gasteiger partial charge in [0, 0.05) is 25.2 Å². The SMILES string of the molecule is CC(C)NCCN1CCC1C. The standard InChI is InChI=1S/C9H20N2/c1-8(2)10-5-7-11-6-4-9(11)3/h8-10H,4-7H2,1-3H3. The van der Waals surface area contributed by atoms with Gasteiger partial charge in [0.25, 0.3) is 0 Å². The Morgan fingerprint density at radius 1 is 1.55 bits per heavy atom. The second kappa shape index (κ2) is 4.07. The third kappa shape index (κ3) is 2.80. The van der Waals surface area contributed by atoms with Crippen molar-refractivity contribution in [3.05, 3.63) is 0 Å². The molecule has 0 aromatic rings. The Bertz CT molecular complexity index is 112. The Hall–Kier alpha value is -0.0800. The van der Waals surface area contributed by atoms with Crippen LogP contribution in [0.5, 0.6) is 0 Å². The molecule has 0 aromatic heterocycles. The first-order valence-electron chi connectivity index (χ1n) is 4.67. The smallest absolute Gasteiger partial charge is 0.0110 e. The molecule has 66 valence electrons. The van der Waals surface area contributed by atoms with Gasteiger partial charge < -0.3 is 5.32 Å². The maximum Gasteiger partial charge on any atom is 0.0110 e. The van der Waals surface area contributed by atoms with Crippen molar-refractivity contribution >= 4 is 0 Å². The molecule has 11 heavy (non-hydrogen) atoms. The Kier molecular flexibility index (Phi) is 3.34. The van der Waals surface area contributed by atoms with Gasteiger partial charge >= 0.3 is 0 Å². The van der Waals surface area contributed by atoms with Gasteiger partial charge in [-0.05, 0) is 19.9 Å². The molecular weight excluding hydrogens is 136 g/mol. The van der Waals surface area contributed by atoms with E-state index in [1.165, 1.54) is 19.5 Å². The lowest BCUT2D eigenvalue weighted by atomic mass is 10.1. The number of nitrogens with one attached hydrogen (secondary N) is 1. The largest absolute Gasteiger partial charge is 0.313 e. The molecule has 2 nitrogen and oxygen atoms in total. The van der Waals surface area contributed by atoms with Crippen LogP contribution < -0.4 is 5.32 Å². The van der Waals surface area contributed by atoms with Crippen molar-refractivity contribution in [3.63, 3.8) is 0 Å². The molecule has 1 unspecified atom stereocenters. The van der Waals surface area contributed by atoms with E-state index in [9.17, 15) is 0 Å². The molecule has 0 radical (unpaired) electrons. The predicted octanol–water partition coefficient (Wildman–Crippen LogP) is 1.08. The molecule has 0 saturated carbocycles. The Morgan fingerprint density at radius 3 is 2.64 bits per heavy atom. The van der Waals surface area contributed by atoms with Gasteiger partial charge in [0.1, 0.15) is 0 Å². The van der Waals surface area contributed by atoms with Gasteiger partial charge in [-0.3, -0.25) is 4.90 Å². The monoisotopic (exact) mass is 156 g/mol. The molecule has 1 N–H and O–H groups in total. The quantitative estimate of drug-likeness (QED) is 0.655. The zero-order valence-electron chi connectivity index (χ0n) is 7.93. The van der Waals surface area contributed by atoms with Crippen molar-refractivity contribution in [3.8, 4) is 0 Å². The molecule has 0 aliphatic carbocycles. The fraction of sp³-hybridized carbons (Fsp3) is 1.00. The summed E-state index contributed by atoms with van der Waals surface area (Å²) in [5.41, 5.74) is 0. The van der Waals surface area contributed by atoms with Gasteiger partial charge in [0.15, 0.2) is 0 Å². The maximum atomic E-state index is 3.42. The van der Waals surface area contributed by atoms with Crippen molar-refractivity contribution < 1.29 is 0 Å². The number of likely N-dealkylation sites (tertiary alicyclic amines) is 1. The van der Waals surface area contributed by atoms with E-state index in [4.69, 9.17) is 0 Å². The summed E-state index contributed by atoms with van der Waals surface area (Å²) in [6.07, 6.45) is 1.39. The van der Waals surface area contributed by atoms with Crippen molar-refractivity contribution in [2.24, 2.45) is 0 Å². The fourth-order valence-corrected chi connectivity index (χ4v) is 1.40. The zero-order chi connectivity index (χ0) is 8.27. The Morgan fingerprint density at radius 2 is 2.27 bits per heavy atom. The van der Waals surface area contributed by atoms with Crippen LogP contribution in [0.25, 0.3) is 0 Å². The number of hydrogen-bond acceptors (Lipinski definition) is 2. The van der Waals surface area contributed by atoms with E-state index in [1.807, 2.05) is 0 Å². The highest BCUT2D eigenvalue weighted by atomic mass is 15.2. The highest BCUT2D eigenvalue weighted by Crippen LogP contribution is 2.14. The van der Waals surface area contributed by atoms with E-state index in [0.717, 1.165) is 12.6 Å². The topological polar surface area (TPSA) is 15.3 Å². The minimum Gasteiger partial charge on any atom is -0.313 e. The van der Waals surface area contributed by atoms with Crippen LogP contribution in [0.3, 0.4) is 0 Å². The molecule has 0 spiro atoms. The lowest BCUT2D eigenvalue weighted by Gasteiger charge is -2.38. The first kappa shape index (κ1) is 9.01. The van der Waals surface area contributed by atoms with Crippen molar-refractivity contribution in [2.45, 2.75) is 39.3 Å². The molecule has 1 fully saturated rings. The molecule has 0 amide bonds. The second-order valence-electron chi connectivity index (χ2n) is 3.78. The first-order valence-corrected chi connectivity index (χ1v) is 4.67. The Labute approximate surface area is 70.0 Å². The lowest BCUT2D eigenvalue weighted by molar-refractivity contribution is 0.105. The summed E-state index contributed by atoms with van der Waals surface area (Å²) in [7, 11) is 0. The number of rotatable bonds is 4. The molecule has 1 aliphatic rings. The highest BCUT2D eigenvalue weighted by molar-refractivity contribution is 4.78. The normalized spacial score (nSPS) is 25.6. The molecular formula is C9H20N2. The van der Waals surface area contributed by atoms with Crippen molar-refractivity contribution in [1.29, 1.82) is 0 Å². The summed E-state index contributed by atoms with van der Waals surface area (Å²) in [4.78, 5) is 2.52. The van der Waals surface area contributed by atoms with Crippen LogP contribution in [0.2, 0.25) is 0 Å². The van der Waals surface area contributed by atoms with Crippen molar-refractivity contribution in [1.82, 2.24) is 10.2 Å². The van der Waals surface area contributed by atoms with E-state index >= 15 is 0 Å². The van der Waals surface area contributed by atoms with Crippen LogP contribution in [0.4, 0.5) is 0 Å². The number of hydrogen-bond donors (Lipinski definition) is 1. The summed E-state index contributed by atoms with van der Waals surface area (Å²) >= 11 is 0. The second-order valence-corrected chi connectivity index (χ2v) is 3.78. The van der Waals surface area contributed by atoms with Gasteiger partial charge in [-0.2, -0.15) is 0 Å². The molecule has 0 aromatic carbocycles. The van der Waals surface area contributed by atoms with E-state index < -0.39 is 0 Å². The minimum absolute atomic E-state index is 0.631. The van der Waals surface area contributed by atoms with Crippen LogP contribution in [-0.2, 0) is 0 Å². The molecule has 1 saturated heterocycles. The van der Waals surface area contributed by atoms with E-state index in [2.05, 4.69) is 31.0 Å². The molecule has 1 heterocycles. The van der Waals surface area contributed by atoms with Crippen molar-refractivity contribution in [2.75, 3.05) is 19.6 Å². The summed E-state index contributed by atoms with van der Waals surface area (Å²) in [5.74, 6) is 0.